The van der Waals surface area contributed by atoms with Gasteiger partial charge in [-0.3, -0.25) is 4.79 Å². The van der Waals surface area contributed by atoms with E-state index in [4.69, 9.17) is 0 Å². The van der Waals surface area contributed by atoms with Gasteiger partial charge in [-0.05, 0) is 19.3 Å². The van der Waals surface area contributed by atoms with Crippen LogP contribution in [0.15, 0.2) is 0 Å². The van der Waals surface area contributed by atoms with Crippen molar-refractivity contribution in [2.24, 2.45) is 0 Å². The van der Waals surface area contributed by atoms with Crippen molar-refractivity contribution in [3.63, 3.8) is 0 Å². The molecule has 0 N–H and O–H groups in total. The minimum atomic E-state index is 0.479. The highest BCUT2D eigenvalue weighted by atomic mass is 16.1. The molecule has 0 bridgehead atoms. The van der Waals surface area contributed by atoms with Crippen molar-refractivity contribution in [1.29, 1.82) is 0 Å². The maximum atomic E-state index is 10.8. The minimum absolute atomic E-state index is 0.479. The molecule has 0 aromatic carbocycles. The van der Waals surface area contributed by atoms with Crippen LogP contribution in [0.5, 0.6) is 0 Å². The fourth-order valence-corrected chi connectivity index (χ4v) is 2.29. The van der Waals surface area contributed by atoms with E-state index < -0.39 is 0 Å². The molecule has 0 unspecified atom stereocenters. The molecule has 0 aromatic heterocycles. The lowest BCUT2D eigenvalue weighted by Gasteiger charge is -2.28. The van der Waals surface area contributed by atoms with Crippen molar-refractivity contribution in [2.75, 3.05) is 6.54 Å². The third-order valence-corrected chi connectivity index (χ3v) is 3.10. The van der Waals surface area contributed by atoms with E-state index in [9.17, 15) is 4.79 Å². The van der Waals surface area contributed by atoms with Gasteiger partial charge in [0, 0.05) is 12.6 Å². The van der Waals surface area contributed by atoms with Crippen molar-refractivity contribution >= 4 is 6.41 Å². The van der Waals surface area contributed by atoms with E-state index in [1.165, 1.54) is 44.9 Å². The standard InChI is InChI=1S/C12H22NO/c1-2-10-13(11-14)12-8-6-4-3-5-7-9-12/h12H,2-10H2,1H3. The average Bonchev–Trinajstić information content (AvgIpc) is 2.15. The maximum Gasteiger partial charge on any atom is 0.312 e. The molecule has 1 radical (unpaired) electrons. The highest BCUT2D eigenvalue weighted by molar-refractivity contribution is 5.48. The first-order valence-electron chi connectivity index (χ1n) is 6.03. The Kier molecular flexibility index (Phi) is 5.65. The molecule has 0 spiro atoms. The molecule has 0 saturated heterocycles. The second kappa shape index (κ2) is 6.86. The predicted octanol–water partition coefficient (Wildman–Crippen LogP) is 2.88. The lowest BCUT2D eigenvalue weighted by atomic mass is 9.96. The first-order valence-corrected chi connectivity index (χ1v) is 6.03. The minimum Gasteiger partial charge on any atom is -0.331 e. The van der Waals surface area contributed by atoms with Gasteiger partial charge in [-0.1, -0.05) is 39.0 Å². The number of nitrogens with zero attached hydrogens (tertiary/aromatic N) is 1. The summed E-state index contributed by atoms with van der Waals surface area (Å²) in [5.74, 6) is 0. The van der Waals surface area contributed by atoms with Gasteiger partial charge in [0.1, 0.15) is 0 Å². The Hall–Kier alpha value is -0.530. The summed E-state index contributed by atoms with van der Waals surface area (Å²) in [5, 5.41) is 0. The van der Waals surface area contributed by atoms with Crippen LogP contribution in [0, 0.1) is 0 Å². The molecule has 81 valence electrons. The van der Waals surface area contributed by atoms with Crippen molar-refractivity contribution in [2.45, 2.75) is 64.3 Å². The largest absolute Gasteiger partial charge is 0.331 e. The van der Waals surface area contributed by atoms with Crippen LogP contribution >= 0.6 is 0 Å². The van der Waals surface area contributed by atoms with Crippen molar-refractivity contribution < 1.29 is 4.79 Å². The summed E-state index contributed by atoms with van der Waals surface area (Å²) >= 11 is 0. The summed E-state index contributed by atoms with van der Waals surface area (Å²) in [6, 6.07) is 0.479. The van der Waals surface area contributed by atoms with Crippen LogP contribution in [0.25, 0.3) is 0 Å². The fourth-order valence-electron chi connectivity index (χ4n) is 2.29. The Bertz CT molecular complexity index is 150. The molecule has 1 amide bonds. The summed E-state index contributed by atoms with van der Waals surface area (Å²) in [6.07, 6.45) is 12.2. The van der Waals surface area contributed by atoms with Crippen molar-refractivity contribution in [3.8, 4) is 0 Å². The lowest BCUT2D eigenvalue weighted by Crippen LogP contribution is -2.35. The van der Waals surface area contributed by atoms with Gasteiger partial charge in [-0.2, -0.15) is 0 Å². The Morgan fingerprint density at radius 1 is 1.14 bits per heavy atom. The number of carbonyl (C=O) groups excluding carboxylic acids is 1. The van der Waals surface area contributed by atoms with Crippen LogP contribution in [0.4, 0.5) is 0 Å². The first kappa shape index (κ1) is 11.5. The summed E-state index contributed by atoms with van der Waals surface area (Å²) in [4.78, 5) is 12.7. The normalized spacial score (nSPS) is 19.8. The van der Waals surface area contributed by atoms with E-state index in [-0.39, 0.29) is 0 Å². The van der Waals surface area contributed by atoms with E-state index in [1.807, 2.05) is 4.90 Å². The van der Waals surface area contributed by atoms with Crippen LogP contribution in [0.2, 0.25) is 0 Å². The summed E-state index contributed by atoms with van der Waals surface area (Å²) in [7, 11) is 0. The zero-order valence-corrected chi connectivity index (χ0v) is 9.30. The van der Waals surface area contributed by atoms with Crippen LogP contribution in [0.3, 0.4) is 0 Å². The molecule has 1 aliphatic carbocycles. The zero-order valence-electron chi connectivity index (χ0n) is 9.30. The van der Waals surface area contributed by atoms with Crippen molar-refractivity contribution in [3.05, 3.63) is 0 Å². The van der Waals surface area contributed by atoms with Gasteiger partial charge < -0.3 is 4.90 Å². The van der Waals surface area contributed by atoms with Gasteiger partial charge >= 0.3 is 6.41 Å². The first-order chi connectivity index (χ1) is 6.88. The fraction of sp³-hybridized carbons (Fsp3) is 0.917. The molecular weight excluding hydrogens is 174 g/mol. The predicted molar refractivity (Wildman–Crippen MR) is 58.8 cm³/mol. The van der Waals surface area contributed by atoms with Crippen LogP contribution in [0.1, 0.15) is 58.3 Å². The van der Waals surface area contributed by atoms with E-state index >= 15 is 0 Å². The van der Waals surface area contributed by atoms with Gasteiger partial charge in [0.2, 0.25) is 0 Å². The number of rotatable bonds is 4. The molecule has 0 heterocycles. The number of amides is 1. The Morgan fingerprint density at radius 2 is 1.71 bits per heavy atom. The van der Waals surface area contributed by atoms with Gasteiger partial charge in [0.05, 0.1) is 0 Å². The highest BCUT2D eigenvalue weighted by Crippen LogP contribution is 2.20. The second-order valence-corrected chi connectivity index (χ2v) is 4.28. The number of hydrogen-bond donors (Lipinski definition) is 0. The lowest BCUT2D eigenvalue weighted by molar-refractivity contribution is 0.246. The average molecular weight is 196 g/mol. The smallest absolute Gasteiger partial charge is 0.312 e. The zero-order chi connectivity index (χ0) is 10.2. The van der Waals surface area contributed by atoms with Gasteiger partial charge in [-0.25, -0.2) is 0 Å². The Labute approximate surface area is 87.7 Å². The molecule has 0 aromatic rings. The molecule has 1 aliphatic rings. The molecule has 2 heteroatoms. The third kappa shape index (κ3) is 3.69. The number of hydrogen-bond acceptors (Lipinski definition) is 1. The molecule has 1 saturated carbocycles. The van der Waals surface area contributed by atoms with Gasteiger partial charge in [0.15, 0.2) is 0 Å². The highest BCUT2D eigenvalue weighted by Gasteiger charge is 2.17. The van der Waals surface area contributed by atoms with Crippen molar-refractivity contribution in [1.82, 2.24) is 4.90 Å². The van der Waals surface area contributed by atoms with E-state index in [2.05, 4.69) is 13.3 Å². The molecule has 1 rings (SSSR count). The Morgan fingerprint density at radius 3 is 2.21 bits per heavy atom. The van der Waals surface area contributed by atoms with Crippen LogP contribution < -0.4 is 0 Å². The molecule has 2 nitrogen and oxygen atoms in total. The van der Waals surface area contributed by atoms with Crippen LogP contribution in [-0.2, 0) is 4.79 Å². The Balaban J connectivity index is 2.39. The quantitative estimate of drug-likeness (QED) is 0.633. The molecular formula is C12H22NO. The molecule has 0 aliphatic heterocycles. The SMILES string of the molecule is CCCN([C]=O)C1CCCCCCC1. The summed E-state index contributed by atoms with van der Waals surface area (Å²) in [6.45, 7) is 3.00. The summed E-state index contributed by atoms with van der Waals surface area (Å²) in [5.41, 5.74) is 0. The van der Waals surface area contributed by atoms with Gasteiger partial charge in [-0.15, -0.1) is 0 Å². The van der Waals surface area contributed by atoms with Crippen LogP contribution in [-0.4, -0.2) is 23.9 Å². The molecule has 0 atom stereocenters. The molecule has 1 fully saturated rings. The summed E-state index contributed by atoms with van der Waals surface area (Å²) < 4.78 is 0. The van der Waals surface area contributed by atoms with E-state index in [1.54, 1.807) is 0 Å². The monoisotopic (exact) mass is 196 g/mol. The topological polar surface area (TPSA) is 20.3 Å². The third-order valence-electron chi connectivity index (χ3n) is 3.10. The van der Waals surface area contributed by atoms with E-state index in [0.29, 0.717) is 6.04 Å². The molecule has 14 heavy (non-hydrogen) atoms. The van der Waals surface area contributed by atoms with Gasteiger partial charge in [0.25, 0.3) is 0 Å². The van der Waals surface area contributed by atoms with E-state index in [0.717, 1.165) is 13.0 Å². The maximum absolute atomic E-state index is 10.8. The second-order valence-electron chi connectivity index (χ2n) is 4.28.